The van der Waals surface area contributed by atoms with Crippen LogP contribution in [0.25, 0.3) is 0 Å². The van der Waals surface area contributed by atoms with Gasteiger partial charge in [-0.05, 0) is 17.7 Å². The number of ketones is 1. The molecule has 0 amide bonds. The number of rotatable bonds is 2. The highest BCUT2D eigenvalue weighted by atomic mass is 16.5. The predicted molar refractivity (Wildman–Crippen MR) is 62.7 cm³/mol. The molecule has 0 atom stereocenters. The van der Waals surface area contributed by atoms with Gasteiger partial charge in [-0.2, -0.15) is 0 Å². The molecule has 0 N–H and O–H groups in total. The molecule has 82 valence electrons. The van der Waals surface area contributed by atoms with E-state index in [9.17, 15) is 4.79 Å². The first-order chi connectivity index (χ1) is 7.68. The fourth-order valence-corrected chi connectivity index (χ4v) is 1.79. The van der Waals surface area contributed by atoms with Gasteiger partial charge in [0, 0.05) is 20.0 Å². The average Bonchev–Trinajstić information content (AvgIpc) is 2.30. The summed E-state index contributed by atoms with van der Waals surface area (Å²) in [5.74, 6) is -0.0613. The number of aromatic nitrogens is 1. The van der Waals surface area contributed by atoms with Gasteiger partial charge in [-0.1, -0.05) is 0 Å². The molecule has 1 saturated heterocycles. The van der Waals surface area contributed by atoms with Crippen molar-refractivity contribution in [2.45, 2.75) is 6.92 Å². The summed E-state index contributed by atoms with van der Waals surface area (Å²) in [6, 6.07) is 3.57. The van der Waals surface area contributed by atoms with E-state index in [1.165, 1.54) is 6.92 Å². The normalized spacial score (nSPS) is 16.2. The van der Waals surface area contributed by atoms with Crippen molar-refractivity contribution < 1.29 is 9.53 Å². The quantitative estimate of drug-likeness (QED) is 0.512. The number of anilines is 1. The lowest BCUT2D eigenvalue weighted by atomic mass is 10.0. The zero-order valence-corrected chi connectivity index (χ0v) is 9.27. The maximum absolute atomic E-state index is 11.5. The molecule has 2 rings (SSSR count). The maximum atomic E-state index is 11.5. The van der Waals surface area contributed by atoms with Crippen LogP contribution in [0.4, 0.5) is 5.69 Å². The van der Waals surface area contributed by atoms with E-state index < -0.39 is 0 Å². The monoisotopic (exact) mass is 216 g/mol. The minimum atomic E-state index is -0.0613. The molecule has 5 heteroatoms. The van der Waals surface area contributed by atoms with E-state index in [0.717, 1.165) is 18.8 Å². The molecule has 1 aromatic heterocycles. The standard InChI is InChI=1S/C11H13BN2O2/c1-8(15)11-9(2-3-10(12)13-11)14-4-6-16-7-5-14/h2-3H,4-7H2,1H3. The number of hydrogen-bond donors (Lipinski definition) is 0. The first-order valence-corrected chi connectivity index (χ1v) is 5.28. The van der Waals surface area contributed by atoms with Crippen LogP contribution >= 0.6 is 0 Å². The van der Waals surface area contributed by atoms with Crippen LogP contribution < -0.4 is 10.5 Å². The third-order valence-corrected chi connectivity index (χ3v) is 2.58. The van der Waals surface area contributed by atoms with Gasteiger partial charge in [-0.25, -0.2) is 0 Å². The van der Waals surface area contributed by atoms with Crippen molar-refractivity contribution in [3.63, 3.8) is 0 Å². The smallest absolute Gasteiger partial charge is 0.180 e. The van der Waals surface area contributed by atoms with Crippen molar-refractivity contribution in [3.05, 3.63) is 17.8 Å². The van der Waals surface area contributed by atoms with E-state index in [1.54, 1.807) is 6.07 Å². The van der Waals surface area contributed by atoms with Crippen LogP contribution in [0.1, 0.15) is 17.4 Å². The van der Waals surface area contributed by atoms with Gasteiger partial charge in [0.1, 0.15) is 13.5 Å². The predicted octanol–water partition coefficient (Wildman–Crippen LogP) is -0.0854. The minimum absolute atomic E-state index is 0.0613. The maximum Gasteiger partial charge on any atom is 0.180 e. The Labute approximate surface area is 96.0 Å². The van der Waals surface area contributed by atoms with Crippen LogP contribution in [0, 0.1) is 0 Å². The third-order valence-electron chi connectivity index (χ3n) is 2.58. The number of Topliss-reactive ketones (excluding diaryl/α,β-unsaturated/α-hetero) is 1. The largest absolute Gasteiger partial charge is 0.378 e. The van der Waals surface area contributed by atoms with Crippen LogP contribution in [0.5, 0.6) is 0 Å². The van der Waals surface area contributed by atoms with Crippen LogP contribution in [0.2, 0.25) is 0 Å². The summed E-state index contributed by atoms with van der Waals surface area (Å²) in [6.45, 7) is 4.44. The molecule has 0 spiro atoms. The second kappa shape index (κ2) is 4.66. The van der Waals surface area contributed by atoms with Gasteiger partial charge >= 0.3 is 0 Å². The van der Waals surface area contributed by atoms with Crippen molar-refractivity contribution in [3.8, 4) is 0 Å². The third kappa shape index (κ3) is 2.24. The van der Waals surface area contributed by atoms with E-state index >= 15 is 0 Å². The molecule has 1 aromatic rings. The first kappa shape index (κ1) is 11.1. The molecule has 1 aliphatic heterocycles. The summed E-state index contributed by atoms with van der Waals surface area (Å²) in [7, 11) is 5.59. The van der Waals surface area contributed by atoms with E-state index in [-0.39, 0.29) is 5.78 Å². The Morgan fingerprint density at radius 1 is 1.44 bits per heavy atom. The number of ether oxygens (including phenoxy) is 1. The van der Waals surface area contributed by atoms with Gasteiger partial charge in [-0.3, -0.25) is 9.78 Å². The fraction of sp³-hybridized carbons (Fsp3) is 0.455. The molecule has 0 bridgehead atoms. The van der Waals surface area contributed by atoms with Gasteiger partial charge in [0.25, 0.3) is 0 Å². The van der Waals surface area contributed by atoms with Crippen LogP contribution in [-0.2, 0) is 4.74 Å². The summed E-state index contributed by atoms with van der Waals surface area (Å²) in [5.41, 5.74) is 1.68. The van der Waals surface area contributed by atoms with Crippen molar-refractivity contribution in [1.29, 1.82) is 0 Å². The van der Waals surface area contributed by atoms with E-state index in [1.807, 2.05) is 6.07 Å². The number of hydrogen-bond acceptors (Lipinski definition) is 4. The van der Waals surface area contributed by atoms with Crippen molar-refractivity contribution >= 4 is 24.9 Å². The Hall–Kier alpha value is -1.36. The molecular formula is C11H13BN2O2. The Morgan fingerprint density at radius 3 is 2.75 bits per heavy atom. The van der Waals surface area contributed by atoms with Crippen LogP contribution in [0.15, 0.2) is 12.1 Å². The Balaban J connectivity index is 2.34. The van der Waals surface area contributed by atoms with Gasteiger partial charge in [-0.15, -0.1) is 0 Å². The highest BCUT2D eigenvalue weighted by molar-refractivity contribution is 6.31. The summed E-state index contributed by atoms with van der Waals surface area (Å²) in [4.78, 5) is 17.7. The Kier molecular flexibility index (Phi) is 3.24. The zero-order valence-electron chi connectivity index (χ0n) is 9.27. The summed E-state index contributed by atoms with van der Waals surface area (Å²) in [5, 5.41) is 0. The SMILES string of the molecule is [B]c1ccc(N2CCOCC2)c(C(C)=O)n1. The summed E-state index contributed by atoms with van der Waals surface area (Å²) < 4.78 is 5.27. The van der Waals surface area contributed by atoms with Gasteiger partial charge < -0.3 is 9.64 Å². The lowest BCUT2D eigenvalue weighted by Gasteiger charge is -2.29. The lowest BCUT2D eigenvalue weighted by molar-refractivity contribution is 0.101. The Bertz CT molecular complexity index is 403. The van der Waals surface area contributed by atoms with E-state index in [2.05, 4.69) is 9.88 Å². The van der Waals surface area contributed by atoms with Gasteiger partial charge in [0.2, 0.25) is 0 Å². The van der Waals surface area contributed by atoms with Crippen LogP contribution in [0.3, 0.4) is 0 Å². The molecule has 0 unspecified atom stereocenters. The Morgan fingerprint density at radius 2 is 2.12 bits per heavy atom. The highest BCUT2D eigenvalue weighted by Gasteiger charge is 2.17. The average molecular weight is 216 g/mol. The molecule has 0 aromatic carbocycles. The molecular weight excluding hydrogens is 203 g/mol. The molecule has 2 radical (unpaired) electrons. The summed E-state index contributed by atoms with van der Waals surface area (Å²) in [6.07, 6.45) is 0. The number of morpholine rings is 1. The highest BCUT2D eigenvalue weighted by Crippen LogP contribution is 2.19. The second-order valence-electron chi connectivity index (χ2n) is 3.76. The fourth-order valence-electron chi connectivity index (χ4n) is 1.79. The molecule has 0 saturated carbocycles. The minimum Gasteiger partial charge on any atom is -0.378 e. The van der Waals surface area contributed by atoms with Crippen LogP contribution in [-0.4, -0.2) is 44.9 Å². The topological polar surface area (TPSA) is 42.4 Å². The van der Waals surface area contributed by atoms with Gasteiger partial charge in [0.15, 0.2) is 5.78 Å². The van der Waals surface area contributed by atoms with Gasteiger partial charge in [0.05, 0.1) is 18.9 Å². The van der Waals surface area contributed by atoms with Crippen molar-refractivity contribution in [2.24, 2.45) is 0 Å². The molecule has 1 fully saturated rings. The lowest BCUT2D eigenvalue weighted by Crippen LogP contribution is -2.37. The summed E-state index contributed by atoms with van der Waals surface area (Å²) >= 11 is 0. The van der Waals surface area contributed by atoms with Crippen molar-refractivity contribution in [2.75, 3.05) is 31.2 Å². The van der Waals surface area contributed by atoms with E-state index in [0.29, 0.717) is 24.5 Å². The first-order valence-electron chi connectivity index (χ1n) is 5.28. The molecule has 2 heterocycles. The molecule has 4 nitrogen and oxygen atoms in total. The molecule has 16 heavy (non-hydrogen) atoms. The number of pyridine rings is 1. The molecule has 0 aliphatic carbocycles. The van der Waals surface area contributed by atoms with Crippen molar-refractivity contribution in [1.82, 2.24) is 4.98 Å². The number of carbonyl (C=O) groups excluding carboxylic acids is 1. The number of nitrogens with zero attached hydrogens (tertiary/aromatic N) is 2. The zero-order chi connectivity index (χ0) is 11.5. The number of carbonyl (C=O) groups is 1. The second-order valence-corrected chi connectivity index (χ2v) is 3.76. The van der Waals surface area contributed by atoms with E-state index in [4.69, 9.17) is 12.6 Å². The molecule has 1 aliphatic rings.